The molecule has 2 atom stereocenters. The molecule has 0 amide bonds. The summed E-state index contributed by atoms with van der Waals surface area (Å²) in [5, 5.41) is 0. The predicted molar refractivity (Wildman–Crippen MR) is 71.6 cm³/mol. The van der Waals surface area contributed by atoms with Gasteiger partial charge in [-0.3, -0.25) is 0 Å². The van der Waals surface area contributed by atoms with Crippen LogP contribution in [0.1, 0.15) is 43.0 Å². The Morgan fingerprint density at radius 1 is 1.25 bits per heavy atom. The van der Waals surface area contributed by atoms with E-state index in [1.165, 1.54) is 0 Å². The van der Waals surface area contributed by atoms with Crippen LogP contribution in [0, 0.1) is 12.8 Å². The fourth-order valence-corrected chi connectivity index (χ4v) is 3.07. The number of imidazole rings is 1. The van der Waals surface area contributed by atoms with Crippen LogP contribution < -0.4 is 0 Å². The summed E-state index contributed by atoms with van der Waals surface area (Å²) in [5.41, 5.74) is 2.86. The number of aryl methyl sites for hydroxylation is 1. The van der Waals surface area contributed by atoms with Crippen LogP contribution >= 0.6 is 0 Å². The van der Waals surface area contributed by atoms with Gasteiger partial charge in [-0.05, 0) is 43.9 Å². The van der Waals surface area contributed by atoms with Crippen LogP contribution in [0.2, 0.25) is 0 Å². The van der Waals surface area contributed by atoms with Gasteiger partial charge >= 0.3 is 6.18 Å². The highest BCUT2D eigenvalue weighted by Gasteiger charge is 2.42. The molecule has 2 nitrogen and oxygen atoms in total. The zero-order valence-electron chi connectivity index (χ0n) is 11.3. The summed E-state index contributed by atoms with van der Waals surface area (Å²) in [5.74, 6) is -0.584. The number of hydrogen-bond donors (Lipinski definition) is 1. The molecule has 108 valence electrons. The van der Waals surface area contributed by atoms with Crippen molar-refractivity contribution < 1.29 is 13.2 Å². The second-order valence-electron chi connectivity index (χ2n) is 5.74. The summed E-state index contributed by atoms with van der Waals surface area (Å²) >= 11 is 0. The molecule has 0 bridgehead atoms. The summed E-state index contributed by atoms with van der Waals surface area (Å²) in [4.78, 5) is 7.67. The van der Waals surface area contributed by atoms with E-state index in [9.17, 15) is 13.2 Å². The molecule has 20 heavy (non-hydrogen) atoms. The first-order chi connectivity index (χ1) is 9.43. The van der Waals surface area contributed by atoms with E-state index in [-0.39, 0.29) is 18.8 Å². The second-order valence-corrected chi connectivity index (χ2v) is 5.74. The number of H-pyrrole nitrogens is 1. The van der Waals surface area contributed by atoms with Crippen LogP contribution in [-0.2, 0) is 0 Å². The maximum absolute atomic E-state index is 12.9. The topological polar surface area (TPSA) is 28.7 Å². The van der Waals surface area contributed by atoms with Crippen LogP contribution in [0.3, 0.4) is 0 Å². The Hall–Kier alpha value is -1.52. The van der Waals surface area contributed by atoms with Gasteiger partial charge in [0.15, 0.2) is 0 Å². The normalized spacial score (nSPS) is 24.2. The molecule has 1 heterocycles. The van der Waals surface area contributed by atoms with E-state index in [0.29, 0.717) is 12.2 Å². The van der Waals surface area contributed by atoms with Crippen molar-refractivity contribution in [3.63, 3.8) is 0 Å². The van der Waals surface area contributed by atoms with Gasteiger partial charge in [-0.15, -0.1) is 0 Å². The van der Waals surface area contributed by atoms with Crippen molar-refractivity contribution in [1.29, 1.82) is 0 Å². The lowest BCUT2D eigenvalue weighted by atomic mass is 9.80. The number of fused-ring (bicyclic) bond motifs is 1. The van der Waals surface area contributed by atoms with Gasteiger partial charge in [-0.25, -0.2) is 4.98 Å². The van der Waals surface area contributed by atoms with Crippen molar-refractivity contribution in [2.24, 2.45) is 5.92 Å². The number of nitrogens with one attached hydrogen (secondary N) is 1. The number of aromatic nitrogens is 2. The average molecular weight is 282 g/mol. The molecule has 1 fully saturated rings. The molecule has 0 aliphatic heterocycles. The Morgan fingerprint density at radius 3 is 2.80 bits per heavy atom. The van der Waals surface area contributed by atoms with Crippen LogP contribution in [0.4, 0.5) is 13.2 Å². The summed E-state index contributed by atoms with van der Waals surface area (Å²) in [6, 6.07) is 5.86. The fraction of sp³-hybridized carbons (Fsp3) is 0.533. The third-order valence-corrected chi connectivity index (χ3v) is 4.18. The highest BCUT2D eigenvalue weighted by atomic mass is 19.4. The van der Waals surface area contributed by atoms with E-state index in [1.807, 2.05) is 25.1 Å². The van der Waals surface area contributed by atoms with Gasteiger partial charge in [0.05, 0.1) is 17.0 Å². The summed E-state index contributed by atoms with van der Waals surface area (Å²) in [6.45, 7) is 1.99. The van der Waals surface area contributed by atoms with Crippen molar-refractivity contribution in [2.75, 3.05) is 0 Å². The number of alkyl halides is 3. The van der Waals surface area contributed by atoms with Gasteiger partial charge < -0.3 is 4.98 Å². The van der Waals surface area contributed by atoms with Crippen molar-refractivity contribution in [1.82, 2.24) is 9.97 Å². The van der Waals surface area contributed by atoms with Crippen molar-refractivity contribution >= 4 is 11.0 Å². The minimum atomic E-state index is -4.08. The molecule has 1 aliphatic rings. The van der Waals surface area contributed by atoms with E-state index in [4.69, 9.17) is 0 Å². The lowest BCUT2D eigenvalue weighted by molar-refractivity contribution is -0.183. The molecule has 1 aliphatic carbocycles. The molecule has 2 aromatic rings. The molecule has 2 unspecified atom stereocenters. The summed E-state index contributed by atoms with van der Waals surface area (Å²) < 4.78 is 38.6. The number of nitrogens with zero attached hydrogens (tertiary/aromatic N) is 1. The molecule has 1 aromatic heterocycles. The van der Waals surface area contributed by atoms with Gasteiger partial charge in [-0.2, -0.15) is 13.2 Å². The Kier molecular flexibility index (Phi) is 3.22. The predicted octanol–water partition coefficient (Wildman–Crippen LogP) is 4.71. The highest BCUT2D eigenvalue weighted by molar-refractivity contribution is 5.75. The number of rotatable bonds is 1. The van der Waals surface area contributed by atoms with Gasteiger partial charge in [-0.1, -0.05) is 12.5 Å². The monoisotopic (exact) mass is 282 g/mol. The second kappa shape index (κ2) is 4.79. The van der Waals surface area contributed by atoms with Crippen LogP contribution in [0.5, 0.6) is 0 Å². The molecule has 1 aromatic carbocycles. The summed E-state index contributed by atoms with van der Waals surface area (Å²) in [6.07, 6.45) is -2.28. The Morgan fingerprint density at radius 2 is 2.05 bits per heavy atom. The molecular weight excluding hydrogens is 265 g/mol. The van der Waals surface area contributed by atoms with E-state index < -0.39 is 12.1 Å². The quantitative estimate of drug-likeness (QED) is 0.806. The maximum Gasteiger partial charge on any atom is 0.391 e. The van der Waals surface area contributed by atoms with Crippen molar-refractivity contribution in [3.8, 4) is 0 Å². The largest absolute Gasteiger partial charge is 0.391 e. The minimum absolute atomic E-state index is 0.108. The molecule has 0 saturated heterocycles. The number of aromatic amines is 1. The fourth-order valence-electron chi connectivity index (χ4n) is 3.07. The van der Waals surface area contributed by atoms with Gasteiger partial charge in [0.2, 0.25) is 0 Å². The standard InChI is InChI=1S/C15H17F3N2/c1-9-5-6-12-13(7-9)20-14(19-12)10-3-2-4-11(8-10)15(16,17)18/h5-7,10-11H,2-4,8H2,1H3,(H,19,20). The zero-order chi connectivity index (χ0) is 14.3. The minimum Gasteiger partial charge on any atom is -0.342 e. The average Bonchev–Trinajstić information content (AvgIpc) is 2.81. The Labute approximate surface area is 115 Å². The molecule has 5 heteroatoms. The zero-order valence-corrected chi connectivity index (χ0v) is 11.3. The first kappa shape index (κ1) is 13.5. The first-order valence-electron chi connectivity index (χ1n) is 6.96. The smallest absolute Gasteiger partial charge is 0.342 e. The highest BCUT2D eigenvalue weighted by Crippen LogP contribution is 2.43. The number of hydrogen-bond acceptors (Lipinski definition) is 1. The molecule has 0 spiro atoms. The van der Waals surface area contributed by atoms with Crippen LogP contribution in [-0.4, -0.2) is 16.1 Å². The third-order valence-electron chi connectivity index (χ3n) is 4.18. The maximum atomic E-state index is 12.9. The van der Waals surface area contributed by atoms with E-state index >= 15 is 0 Å². The van der Waals surface area contributed by atoms with Crippen molar-refractivity contribution in [3.05, 3.63) is 29.6 Å². The number of halogens is 3. The van der Waals surface area contributed by atoms with Crippen molar-refractivity contribution in [2.45, 2.75) is 44.7 Å². The third kappa shape index (κ3) is 2.53. The lowest BCUT2D eigenvalue weighted by Gasteiger charge is -2.29. The lowest BCUT2D eigenvalue weighted by Crippen LogP contribution is -2.28. The molecule has 3 rings (SSSR count). The first-order valence-corrected chi connectivity index (χ1v) is 6.96. The van der Waals surface area contributed by atoms with E-state index in [2.05, 4.69) is 9.97 Å². The molecule has 1 saturated carbocycles. The van der Waals surface area contributed by atoms with Gasteiger partial charge in [0.1, 0.15) is 5.82 Å². The molecule has 0 radical (unpaired) electrons. The van der Waals surface area contributed by atoms with Gasteiger partial charge in [0, 0.05) is 5.92 Å². The molecular formula is C15H17F3N2. The summed E-state index contributed by atoms with van der Waals surface area (Å²) in [7, 11) is 0. The van der Waals surface area contributed by atoms with Crippen LogP contribution in [0.15, 0.2) is 18.2 Å². The van der Waals surface area contributed by atoms with Crippen LogP contribution in [0.25, 0.3) is 11.0 Å². The van der Waals surface area contributed by atoms with Gasteiger partial charge in [0.25, 0.3) is 0 Å². The SMILES string of the molecule is Cc1ccc2nc(C3CCCC(C(F)(F)F)C3)[nH]c2c1. The number of benzene rings is 1. The van der Waals surface area contributed by atoms with E-state index in [0.717, 1.165) is 23.0 Å². The molecule has 1 N–H and O–H groups in total. The van der Waals surface area contributed by atoms with E-state index in [1.54, 1.807) is 0 Å². The Bertz CT molecular complexity index is 615. The Balaban J connectivity index is 1.87.